The Kier molecular flexibility index (Phi) is 4.52. The number of aromatic nitrogens is 2. The maximum atomic E-state index is 12.6. The predicted octanol–water partition coefficient (Wildman–Crippen LogP) is 3.11. The summed E-state index contributed by atoms with van der Waals surface area (Å²) in [4.78, 5) is 15.0. The lowest BCUT2D eigenvalue weighted by molar-refractivity contribution is 0.0911. The van der Waals surface area contributed by atoms with Gasteiger partial charge in [0, 0.05) is 11.9 Å². The molecule has 1 aromatic carbocycles. The first-order chi connectivity index (χ1) is 12.3. The van der Waals surface area contributed by atoms with Crippen LogP contribution in [0.15, 0.2) is 47.1 Å². The first-order valence-electron chi connectivity index (χ1n) is 8.81. The Balaban J connectivity index is 1.49. The van der Waals surface area contributed by atoms with Crippen LogP contribution in [0, 0.1) is 0 Å². The van der Waals surface area contributed by atoms with Gasteiger partial charge in [0.25, 0.3) is 5.91 Å². The van der Waals surface area contributed by atoms with Crippen LogP contribution in [0.25, 0.3) is 10.9 Å². The number of benzene rings is 1. The van der Waals surface area contributed by atoms with Crippen molar-refractivity contribution >= 4 is 16.8 Å². The van der Waals surface area contributed by atoms with Crippen molar-refractivity contribution in [2.75, 3.05) is 19.6 Å². The number of nitrogens with zero attached hydrogens (tertiary/aromatic N) is 2. The van der Waals surface area contributed by atoms with Gasteiger partial charge < -0.3 is 9.73 Å². The second-order valence-electron chi connectivity index (χ2n) is 6.46. The van der Waals surface area contributed by atoms with E-state index >= 15 is 0 Å². The monoisotopic (exact) mass is 338 g/mol. The summed E-state index contributed by atoms with van der Waals surface area (Å²) in [7, 11) is 0. The van der Waals surface area contributed by atoms with Crippen molar-refractivity contribution < 1.29 is 9.21 Å². The number of fused-ring (bicyclic) bond motifs is 1. The third kappa shape index (κ3) is 3.30. The summed E-state index contributed by atoms with van der Waals surface area (Å²) in [5.41, 5.74) is 1.30. The molecule has 3 aromatic rings. The van der Waals surface area contributed by atoms with Crippen molar-refractivity contribution in [2.45, 2.75) is 25.3 Å². The van der Waals surface area contributed by atoms with Crippen LogP contribution in [0.1, 0.15) is 41.6 Å². The SMILES string of the molecule is O=C(NC[C@@H](c1ccco1)N1CCCCC1)c1n[nH]c2ccccc12. The molecule has 0 aliphatic carbocycles. The largest absolute Gasteiger partial charge is 0.468 e. The maximum Gasteiger partial charge on any atom is 0.272 e. The highest BCUT2D eigenvalue weighted by Crippen LogP contribution is 2.24. The highest BCUT2D eigenvalue weighted by Gasteiger charge is 2.25. The Bertz CT molecular complexity index is 834. The minimum Gasteiger partial charge on any atom is -0.468 e. The van der Waals surface area contributed by atoms with E-state index in [2.05, 4.69) is 20.4 Å². The van der Waals surface area contributed by atoms with Gasteiger partial charge in [-0.1, -0.05) is 24.6 Å². The van der Waals surface area contributed by atoms with E-state index in [0.29, 0.717) is 12.2 Å². The molecule has 0 spiro atoms. The molecule has 25 heavy (non-hydrogen) atoms. The highest BCUT2D eigenvalue weighted by atomic mass is 16.3. The summed E-state index contributed by atoms with van der Waals surface area (Å²) in [6.07, 6.45) is 5.34. The van der Waals surface area contributed by atoms with Gasteiger partial charge in [0.15, 0.2) is 5.69 Å². The summed E-state index contributed by atoms with van der Waals surface area (Å²) in [5.74, 6) is 0.736. The Labute approximate surface area is 146 Å². The fourth-order valence-electron chi connectivity index (χ4n) is 3.53. The van der Waals surface area contributed by atoms with E-state index in [1.165, 1.54) is 19.3 Å². The standard InChI is InChI=1S/C19H22N4O2/c24-19(18-14-7-2-3-8-15(14)21-22-18)20-13-16(17-9-6-12-25-17)23-10-4-1-5-11-23/h2-3,6-9,12,16H,1,4-5,10-11,13H2,(H,20,24)(H,21,22)/t16-/m0/s1. The molecule has 2 N–H and O–H groups in total. The van der Waals surface area contributed by atoms with Gasteiger partial charge in [-0.2, -0.15) is 5.10 Å². The molecule has 1 aliphatic heterocycles. The Morgan fingerprint density at radius 3 is 2.84 bits per heavy atom. The molecule has 1 amide bonds. The Morgan fingerprint density at radius 1 is 1.20 bits per heavy atom. The zero-order valence-corrected chi connectivity index (χ0v) is 14.1. The number of likely N-dealkylation sites (tertiary alicyclic amines) is 1. The van der Waals surface area contributed by atoms with E-state index in [4.69, 9.17) is 4.42 Å². The summed E-state index contributed by atoms with van der Waals surface area (Å²) in [6, 6.07) is 11.6. The fourth-order valence-corrected chi connectivity index (χ4v) is 3.53. The van der Waals surface area contributed by atoms with Crippen LogP contribution in [0.5, 0.6) is 0 Å². The zero-order chi connectivity index (χ0) is 17.1. The van der Waals surface area contributed by atoms with Gasteiger partial charge in [-0.25, -0.2) is 0 Å². The topological polar surface area (TPSA) is 74.2 Å². The minimum absolute atomic E-state index is 0.0597. The molecule has 2 aromatic heterocycles. The van der Waals surface area contributed by atoms with E-state index in [0.717, 1.165) is 29.8 Å². The Morgan fingerprint density at radius 2 is 2.04 bits per heavy atom. The third-order valence-corrected chi connectivity index (χ3v) is 4.84. The average Bonchev–Trinajstić information content (AvgIpc) is 3.32. The van der Waals surface area contributed by atoms with Crippen LogP contribution in [-0.2, 0) is 0 Å². The summed E-state index contributed by atoms with van der Waals surface area (Å²) in [5, 5.41) is 11.0. The van der Waals surface area contributed by atoms with Crippen molar-refractivity contribution in [3.05, 3.63) is 54.1 Å². The molecule has 6 heteroatoms. The molecular formula is C19H22N4O2. The number of piperidine rings is 1. The molecule has 0 unspecified atom stereocenters. The normalized spacial score (nSPS) is 16.8. The van der Waals surface area contributed by atoms with Gasteiger partial charge >= 0.3 is 0 Å². The third-order valence-electron chi connectivity index (χ3n) is 4.84. The number of nitrogens with one attached hydrogen (secondary N) is 2. The van der Waals surface area contributed by atoms with Crippen LogP contribution in [0.4, 0.5) is 0 Å². The fraction of sp³-hybridized carbons (Fsp3) is 0.368. The van der Waals surface area contributed by atoms with E-state index in [1.54, 1.807) is 6.26 Å². The van der Waals surface area contributed by atoms with Crippen molar-refractivity contribution in [3.8, 4) is 0 Å². The lowest BCUT2D eigenvalue weighted by Gasteiger charge is -2.33. The number of hydrogen-bond donors (Lipinski definition) is 2. The average molecular weight is 338 g/mol. The Hall–Kier alpha value is -2.60. The lowest BCUT2D eigenvalue weighted by Crippen LogP contribution is -2.40. The van der Waals surface area contributed by atoms with Gasteiger partial charge in [0.1, 0.15) is 5.76 Å². The molecule has 6 nitrogen and oxygen atoms in total. The smallest absolute Gasteiger partial charge is 0.272 e. The van der Waals surface area contributed by atoms with Gasteiger partial charge in [0.05, 0.1) is 17.8 Å². The number of aromatic amines is 1. The maximum absolute atomic E-state index is 12.6. The van der Waals surface area contributed by atoms with Gasteiger partial charge in [0.2, 0.25) is 0 Å². The molecule has 1 atom stereocenters. The number of H-pyrrole nitrogens is 1. The van der Waals surface area contributed by atoms with E-state index in [-0.39, 0.29) is 11.9 Å². The van der Waals surface area contributed by atoms with Crippen LogP contribution < -0.4 is 5.32 Å². The molecular weight excluding hydrogens is 316 g/mol. The molecule has 1 fully saturated rings. The highest BCUT2D eigenvalue weighted by molar-refractivity contribution is 6.04. The van der Waals surface area contributed by atoms with Gasteiger partial charge in [-0.15, -0.1) is 0 Å². The molecule has 3 heterocycles. The van der Waals surface area contributed by atoms with Gasteiger partial charge in [-0.3, -0.25) is 14.8 Å². The van der Waals surface area contributed by atoms with Crippen molar-refractivity contribution in [3.63, 3.8) is 0 Å². The van der Waals surface area contributed by atoms with Crippen molar-refractivity contribution in [2.24, 2.45) is 0 Å². The zero-order valence-electron chi connectivity index (χ0n) is 14.1. The molecule has 0 radical (unpaired) electrons. The summed E-state index contributed by atoms with van der Waals surface area (Å²) < 4.78 is 5.63. The van der Waals surface area contributed by atoms with Crippen LogP contribution in [0.2, 0.25) is 0 Å². The van der Waals surface area contributed by atoms with E-state index in [1.807, 2.05) is 36.4 Å². The molecule has 4 rings (SSSR count). The number of hydrogen-bond acceptors (Lipinski definition) is 4. The van der Waals surface area contributed by atoms with Gasteiger partial charge in [-0.05, 0) is 44.1 Å². The van der Waals surface area contributed by atoms with Crippen LogP contribution >= 0.6 is 0 Å². The number of rotatable bonds is 5. The van der Waals surface area contributed by atoms with Crippen LogP contribution in [-0.4, -0.2) is 40.6 Å². The molecule has 0 bridgehead atoms. The van der Waals surface area contributed by atoms with Crippen molar-refractivity contribution in [1.29, 1.82) is 0 Å². The summed E-state index contributed by atoms with van der Waals surface area (Å²) in [6.45, 7) is 2.58. The predicted molar refractivity (Wildman–Crippen MR) is 95.3 cm³/mol. The number of amides is 1. The second-order valence-corrected chi connectivity index (χ2v) is 6.46. The van der Waals surface area contributed by atoms with E-state index in [9.17, 15) is 4.79 Å². The molecule has 1 aliphatic rings. The summed E-state index contributed by atoms with van der Waals surface area (Å²) >= 11 is 0. The minimum atomic E-state index is -0.161. The number of furan rings is 1. The molecule has 0 saturated carbocycles. The second kappa shape index (κ2) is 7.11. The molecule has 1 saturated heterocycles. The molecule has 130 valence electrons. The quantitative estimate of drug-likeness (QED) is 0.750. The van der Waals surface area contributed by atoms with Crippen molar-refractivity contribution in [1.82, 2.24) is 20.4 Å². The lowest BCUT2D eigenvalue weighted by atomic mass is 10.1. The van der Waals surface area contributed by atoms with Crippen LogP contribution in [0.3, 0.4) is 0 Å². The number of carbonyl (C=O) groups is 1. The number of carbonyl (C=O) groups excluding carboxylic acids is 1. The first-order valence-corrected chi connectivity index (χ1v) is 8.81. The van der Waals surface area contributed by atoms with E-state index < -0.39 is 0 Å². The number of para-hydroxylation sites is 1. The first kappa shape index (κ1) is 15.9.